The van der Waals surface area contributed by atoms with Crippen molar-refractivity contribution in [3.63, 3.8) is 0 Å². The van der Waals surface area contributed by atoms with Crippen LogP contribution in [0.5, 0.6) is 11.5 Å². The van der Waals surface area contributed by atoms with Crippen molar-refractivity contribution in [3.05, 3.63) is 22.2 Å². The second-order valence-electron chi connectivity index (χ2n) is 6.64. The van der Waals surface area contributed by atoms with Crippen molar-refractivity contribution >= 4 is 15.9 Å². The van der Waals surface area contributed by atoms with E-state index >= 15 is 0 Å². The fourth-order valence-electron chi connectivity index (χ4n) is 4.22. The van der Waals surface area contributed by atoms with Crippen LogP contribution in [0.3, 0.4) is 0 Å². The summed E-state index contributed by atoms with van der Waals surface area (Å²) in [5, 5.41) is 13.5. The number of aromatic hydroxyl groups is 1. The first kappa shape index (κ1) is 15.2. The number of benzene rings is 1. The van der Waals surface area contributed by atoms with Crippen molar-refractivity contribution in [2.45, 2.75) is 45.2 Å². The molecule has 3 nitrogen and oxygen atoms in total. The Kier molecular flexibility index (Phi) is 4.46. The quantitative estimate of drug-likeness (QED) is 0.837. The van der Waals surface area contributed by atoms with Crippen molar-refractivity contribution in [3.8, 4) is 11.5 Å². The van der Waals surface area contributed by atoms with E-state index in [4.69, 9.17) is 4.74 Å². The largest absolute Gasteiger partial charge is 0.503 e. The van der Waals surface area contributed by atoms with Gasteiger partial charge in [0.15, 0.2) is 11.5 Å². The summed E-state index contributed by atoms with van der Waals surface area (Å²) in [4.78, 5) is 0. The molecule has 2 aliphatic carbocycles. The highest BCUT2D eigenvalue weighted by atomic mass is 79.9. The predicted octanol–water partition coefficient (Wildman–Crippen LogP) is 4.08. The molecule has 1 aromatic carbocycles. The molecule has 4 atom stereocenters. The van der Waals surface area contributed by atoms with E-state index in [2.05, 4.69) is 28.2 Å². The summed E-state index contributed by atoms with van der Waals surface area (Å²) in [6, 6.07) is 4.41. The Morgan fingerprint density at radius 3 is 2.81 bits per heavy atom. The Morgan fingerprint density at radius 1 is 1.38 bits per heavy atom. The number of fused-ring (bicyclic) bond motifs is 2. The summed E-state index contributed by atoms with van der Waals surface area (Å²) in [7, 11) is 1.58. The van der Waals surface area contributed by atoms with Gasteiger partial charge in [0.2, 0.25) is 0 Å². The van der Waals surface area contributed by atoms with E-state index in [1.165, 1.54) is 25.7 Å². The van der Waals surface area contributed by atoms with E-state index in [0.29, 0.717) is 16.3 Å². The van der Waals surface area contributed by atoms with Gasteiger partial charge in [0, 0.05) is 12.6 Å². The van der Waals surface area contributed by atoms with E-state index in [1.54, 1.807) is 7.11 Å². The van der Waals surface area contributed by atoms with Crippen molar-refractivity contribution < 1.29 is 9.84 Å². The van der Waals surface area contributed by atoms with Gasteiger partial charge in [-0.1, -0.05) is 6.42 Å². The smallest absolute Gasteiger partial charge is 0.172 e. The summed E-state index contributed by atoms with van der Waals surface area (Å²) in [6.45, 7) is 3.13. The first-order chi connectivity index (χ1) is 10.1. The number of nitrogens with one attached hydrogen (secondary N) is 1. The van der Waals surface area contributed by atoms with Crippen LogP contribution in [0.4, 0.5) is 0 Å². The van der Waals surface area contributed by atoms with Gasteiger partial charge in [-0.05, 0) is 77.6 Å². The average Bonchev–Trinajstić information content (AvgIpc) is 3.10. The second-order valence-corrected chi connectivity index (χ2v) is 7.49. The molecule has 2 bridgehead atoms. The molecular weight excluding hydrogens is 330 g/mol. The Labute approximate surface area is 135 Å². The SMILES string of the molecule is COc1cc(CNC(C)C2CC3CCC2C3)cc(Br)c1O. The van der Waals surface area contributed by atoms with Crippen LogP contribution < -0.4 is 10.1 Å². The number of phenols is 1. The van der Waals surface area contributed by atoms with E-state index in [9.17, 15) is 5.11 Å². The van der Waals surface area contributed by atoms with Crippen LogP contribution in [0.1, 0.15) is 38.2 Å². The molecule has 2 saturated carbocycles. The zero-order valence-electron chi connectivity index (χ0n) is 12.7. The normalized spacial score (nSPS) is 28.8. The molecule has 2 aliphatic rings. The predicted molar refractivity (Wildman–Crippen MR) is 87.6 cm³/mol. The van der Waals surface area contributed by atoms with Crippen LogP contribution in [0, 0.1) is 17.8 Å². The number of hydrogen-bond donors (Lipinski definition) is 2. The molecule has 3 rings (SSSR count). The van der Waals surface area contributed by atoms with Crippen LogP contribution >= 0.6 is 15.9 Å². The van der Waals surface area contributed by atoms with Gasteiger partial charge in [-0.2, -0.15) is 0 Å². The third kappa shape index (κ3) is 3.07. The van der Waals surface area contributed by atoms with E-state index in [0.717, 1.165) is 29.9 Å². The molecule has 0 heterocycles. The lowest BCUT2D eigenvalue weighted by Crippen LogP contribution is -2.35. The van der Waals surface area contributed by atoms with Gasteiger partial charge < -0.3 is 15.2 Å². The van der Waals surface area contributed by atoms with Crippen LogP contribution in [-0.2, 0) is 6.54 Å². The number of ether oxygens (including phenoxy) is 1. The minimum Gasteiger partial charge on any atom is -0.503 e. The highest BCUT2D eigenvalue weighted by molar-refractivity contribution is 9.10. The molecule has 0 amide bonds. The topological polar surface area (TPSA) is 41.5 Å². The Bertz CT molecular complexity index is 520. The van der Waals surface area contributed by atoms with E-state index < -0.39 is 0 Å². The lowest BCUT2D eigenvalue weighted by molar-refractivity contribution is 0.259. The molecule has 1 aromatic rings. The monoisotopic (exact) mass is 353 g/mol. The molecule has 2 fully saturated rings. The Balaban J connectivity index is 1.61. The molecule has 4 unspecified atom stereocenters. The molecule has 4 heteroatoms. The molecule has 2 N–H and O–H groups in total. The maximum atomic E-state index is 9.85. The fourth-order valence-corrected chi connectivity index (χ4v) is 4.71. The summed E-state index contributed by atoms with van der Waals surface area (Å²) in [6.07, 6.45) is 5.74. The van der Waals surface area contributed by atoms with Crippen molar-refractivity contribution in [1.29, 1.82) is 0 Å². The summed E-state index contributed by atoms with van der Waals surface area (Å²) in [5.41, 5.74) is 1.13. The van der Waals surface area contributed by atoms with Crippen molar-refractivity contribution in [2.24, 2.45) is 17.8 Å². The molecule has 0 spiro atoms. The highest BCUT2D eigenvalue weighted by Crippen LogP contribution is 2.49. The summed E-state index contributed by atoms with van der Waals surface area (Å²) in [5.74, 6) is 3.47. The number of hydrogen-bond acceptors (Lipinski definition) is 3. The molecule has 0 radical (unpaired) electrons. The molecule has 0 aromatic heterocycles. The van der Waals surface area contributed by atoms with Crippen LogP contribution in [-0.4, -0.2) is 18.3 Å². The van der Waals surface area contributed by atoms with Gasteiger partial charge in [0.25, 0.3) is 0 Å². The van der Waals surface area contributed by atoms with Gasteiger partial charge in [-0.15, -0.1) is 0 Å². The minimum absolute atomic E-state index is 0.169. The van der Waals surface area contributed by atoms with Gasteiger partial charge in [-0.25, -0.2) is 0 Å². The van der Waals surface area contributed by atoms with Gasteiger partial charge >= 0.3 is 0 Å². The van der Waals surface area contributed by atoms with E-state index in [1.807, 2.05) is 12.1 Å². The minimum atomic E-state index is 0.169. The zero-order chi connectivity index (χ0) is 15.0. The third-order valence-electron chi connectivity index (χ3n) is 5.37. The standard InChI is InChI=1S/C17H24BrNO2/c1-10(14-6-11-3-4-13(14)5-11)19-9-12-7-15(18)17(20)16(8-12)21-2/h7-8,10-11,13-14,19-20H,3-6,9H2,1-2H3. The van der Waals surface area contributed by atoms with Crippen LogP contribution in [0.2, 0.25) is 0 Å². The van der Waals surface area contributed by atoms with Gasteiger partial charge in [0.1, 0.15) is 0 Å². The number of methoxy groups -OCH3 is 1. The lowest BCUT2D eigenvalue weighted by atomic mass is 9.84. The lowest BCUT2D eigenvalue weighted by Gasteiger charge is -2.28. The van der Waals surface area contributed by atoms with Crippen molar-refractivity contribution in [1.82, 2.24) is 5.32 Å². The fraction of sp³-hybridized carbons (Fsp3) is 0.647. The number of phenolic OH excluding ortho intramolecular Hbond substituents is 1. The second kappa shape index (κ2) is 6.17. The maximum absolute atomic E-state index is 9.85. The first-order valence-electron chi connectivity index (χ1n) is 7.87. The summed E-state index contributed by atoms with van der Waals surface area (Å²) >= 11 is 3.38. The third-order valence-corrected chi connectivity index (χ3v) is 5.98. The molecule has 0 aliphatic heterocycles. The van der Waals surface area contributed by atoms with Crippen molar-refractivity contribution in [2.75, 3.05) is 7.11 Å². The van der Waals surface area contributed by atoms with Crippen LogP contribution in [0.25, 0.3) is 0 Å². The Morgan fingerprint density at radius 2 is 2.19 bits per heavy atom. The van der Waals surface area contributed by atoms with Gasteiger partial charge in [-0.3, -0.25) is 0 Å². The summed E-state index contributed by atoms with van der Waals surface area (Å²) < 4.78 is 5.89. The number of halogens is 1. The molecule has 116 valence electrons. The van der Waals surface area contributed by atoms with Crippen LogP contribution in [0.15, 0.2) is 16.6 Å². The average molecular weight is 354 g/mol. The van der Waals surface area contributed by atoms with Gasteiger partial charge in [0.05, 0.1) is 11.6 Å². The van der Waals surface area contributed by atoms with E-state index in [-0.39, 0.29) is 5.75 Å². The highest BCUT2D eigenvalue weighted by Gasteiger charge is 2.41. The molecular formula is C17H24BrNO2. The maximum Gasteiger partial charge on any atom is 0.172 e. The molecule has 0 saturated heterocycles. The first-order valence-corrected chi connectivity index (χ1v) is 8.66. The number of rotatable bonds is 5. The zero-order valence-corrected chi connectivity index (χ0v) is 14.3. The molecule has 21 heavy (non-hydrogen) atoms. The Hall–Kier alpha value is -0.740.